The third-order valence-corrected chi connectivity index (χ3v) is 6.26. The summed E-state index contributed by atoms with van der Waals surface area (Å²) in [5.41, 5.74) is 2.65. The van der Waals surface area contributed by atoms with Crippen molar-refractivity contribution in [3.8, 4) is 11.3 Å². The molecule has 1 aromatic heterocycles. The van der Waals surface area contributed by atoms with Crippen LogP contribution in [0.2, 0.25) is 0 Å². The highest BCUT2D eigenvalue weighted by Crippen LogP contribution is 2.32. The Morgan fingerprint density at radius 1 is 1.21 bits per heavy atom. The summed E-state index contributed by atoms with van der Waals surface area (Å²) in [4.78, 5) is 18.4. The summed E-state index contributed by atoms with van der Waals surface area (Å²) in [6.07, 6.45) is 2.39. The zero-order chi connectivity index (χ0) is 16.7. The summed E-state index contributed by atoms with van der Waals surface area (Å²) < 4.78 is 1.02. The maximum absolute atomic E-state index is 12.7. The molecule has 3 fully saturated rings. The first-order valence-electron chi connectivity index (χ1n) is 8.62. The summed E-state index contributed by atoms with van der Waals surface area (Å²) in [5, 5.41) is 3.27. The highest BCUT2D eigenvalue weighted by Gasteiger charge is 2.40. The predicted octanol–water partition coefficient (Wildman–Crippen LogP) is 3.66. The molecule has 2 bridgehead atoms. The molecule has 4 heterocycles. The van der Waals surface area contributed by atoms with Crippen molar-refractivity contribution in [1.29, 1.82) is 0 Å². The van der Waals surface area contributed by atoms with Gasteiger partial charge in [-0.25, -0.2) is 0 Å². The standard InChI is InChI=1S/C19H22BrN3O/c1-12-18(13-8-10-23(12)11-9-13)22-19(24)17-7-6-16(21-17)14-4-2-3-5-15(14)20/h2-7,12-13,18,21H,8-11H2,1H3,(H,22,24)/t12-,18+/m1/s1. The molecule has 0 unspecified atom stereocenters. The van der Waals surface area contributed by atoms with E-state index in [4.69, 9.17) is 0 Å². The van der Waals surface area contributed by atoms with Gasteiger partial charge >= 0.3 is 0 Å². The van der Waals surface area contributed by atoms with E-state index >= 15 is 0 Å². The van der Waals surface area contributed by atoms with Crippen molar-refractivity contribution in [2.45, 2.75) is 31.8 Å². The van der Waals surface area contributed by atoms with E-state index in [9.17, 15) is 4.79 Å². The van der Waals surface area contributed by atoms with Gasteiger partial charge in [0.15, 0.2) is 0 Å². The number of benzene rings is 1. The molecule has 0 radical (unpaired) electrons. The van der Waals surface area contributed by atoms with Crippen LogP contribution in [-0.2, 0) is 0 Å². The van der Waals surface area contributed by atoms with Crippen LogP contribution in [0.5, 0.6) is 0 Å². The molecule has 0 spiro atoms. The molecule has 2 aromatic rings. The first kappa shape index (κ1) is 15.9. The third-order valence-electron chi connectivity index (χ3n) is 5.57. The number of H-pyrrole nitrogens is 1. The Labute approximate surface area is 150 Å². The number of carbonyl (C=O) groups is 1. The van der Waals surface area contributed by atoms with Gasteiger partial charge in [-0.15, -0.1) is 0 Å². The van der Waals surface area contributed by atoms with Crippen molar-refractivity contribution in [1.82, 2.24) is 15.2 Å². The van der Waals surface area contributed by atoms with Gasteiger partial charge < -0.3 is 10.3 Å². The van der Waals surface area contributed by atoms with E-state index in [0.29, 0.717) is 17.7 Å². The van der Waals surface area contributed by atoms with Crippen molar-refractivity contribution in [3.05, 3.63) is 46.6 Å². The number of fused-ring (bicyclic) bond motifs is 3. The van der Waals surface area contributed by atoms with Crippen LogP contribution in [0.25, 0.3) is 11.3 Å². The molecule has 2 N–H and O–H groups in total. The SMILES string of the molecule is C[C@@H]1[C@H](NC(=O)c2ccc(-c3ccccc3Br)[nH]2)C2CCN1CC2. The van der Waals surface area contributed by atoms with E-state index in [1.165, 1.54) is 25.9 Å². The fourth-order valence-electron chi connectivity index (χ4n) is 4.14. The van der Waals surface area contributed by atoms with Gasteiger partial charge in [-0.1, -0.05) is 34.1 Å². The van der Waals surface area contributed by atoms with Crippen LogP contribution in [0.4, 0.5) is 0 Å². The van der Waals surface area contributed by atoms with Crippen molar-refractivity contribution in [2.24, 2.45) is 5.92 Å². The van der Waals surface area contributed by atoms with E-state index in [0.717, 1.165) is 15.7 Å². The lowest BCUT2D eigenvalue weighted by atomic mass is 9.79. The van der Waals surface area contributed by atoms with Gasteiger partial charge in [0.1, 0.15) is 5.69 Å². The van der Waals surface area contributed by atoms with Crippen molar-refractivity contribution in [2.75, 3.05) is 13.1 Å². The Morgan fingerprint density at radius 2 is 1.96 bits per heavy atom. The molecular formula is C19H22BrN3O. The minimum atomic E-state index is -0.00102. The van der Waals surface area contributed by atoms with Crippen LogP contribution >= 0.6 is 15.9 Å². The van der Waals surface area contributed by atoms with Crippen LogP contribution in [0.15, 0.2) is 40.9 Å². The zero-order valence-corrected chi connectivity index (χ0v) is 15.3. The van der Waals surface area contributed by atoms with Crippen LogP contribution in [0, 0.1) is 5.92 Å². The summed E-state index contributed by atoms with van der Waals surface area (Å²) >= 11 is 3.56. The minimum absolute atomic E-state index is 0.00102. The van der Waals surface area contributed by atoms with Crippen LogP contribution < -0.4 is 5.32 Å². The Balaban J connectivity index is 1.51. The number of hydrogen-bond donors (Lipinski definition) is 2. The topological polar surface area (TPSA) is 48.1 Å². The number of piperidine rings is 3. The van der Waals surface area contributed by atoms with E-state index in [-0.39, 0.29) is 11.9 Å². The van der Waals surface area contributed by atoms with Gasteiger partial charge in [-0.2, -0.15) is 0 Å². The molecule has 126 valence electrons. The molecule has 0 aliphatic carbocycles. The van der Waals surface area contributed by atoms with Gasteiger partial charge in [-0.05, 0) is 57.0 Å². The molecule has 3 aliphatic rings. The van der Waals surface area contributed by atoms with E-state index in [1.54, 1.807) is 0 Å². The monoisotopic (exact) mass is 387 g/mol. The second kappa shape index (κ2) is 6.37. The molecule has 3 aliphatic heterocycles. The minimum Gasteiger partial charge on any atom is -0.351 e. The molecule has 4 nitrogen and oxygen atoms in total. The van der Waals surface area contributed by atoms with Gasteiger partial charge in [-0.3, -0.25) is 9.69 Å². The molecule has 1 aromatic carbocycles. The summed E-state index contributed by atoms with van der Waals surface area (Å²) in [5.74, 6) is 0.616. The molecule has 2 atom stereocenters. The number of aromatic amines is 1. The lowest BCUT2D eigenvalue weighted by molar-refractivity contribution is 0.0216. The lowest BCUT2D eigenvalue weighted by Crippen LogP contribution is -2.62. The van der Waals surface area contributed by atoms with Gasteiger partial charge in [0.25, 0.3) is 5.91 Å². The Kier molecular flexibility index (Phi) is 4.22. The third kappa shape index (κ3) is 2.80. The number of aromatic nitrogens is 1. The normalized spacial score (nSPS) is 28.8. The summed E-state index contributed by atoms with van der Waals surface area (Å²) in [6, 6.07) is 12.5. The number of nitrogens with zero attached hydrogens (tertiary/aromatic N) is 1. The second-order valence-corrected chi connectivity index (χ2v) is 7.73. The van der Waals surface area contributed by atoms with Crippen LogP contribution in [0.1, 0.15) is 30.3 Å². The molecule has 24 heavy (non-hydrogen) atoms. The van der Waals surface area contributed by atoms with E-state index in [1.807, 2.05) is 36.4 Å². The van der Waals surface area contributed by atoms with Crippen molar-refractivity contribution in [3.63, 3.8) is 0 Å². The molecule has 3 saturated heterocycles. The molecule has 5 rings (SSSR count). The van der Waals surface area contributed by atoms with Crippen LogP contribution in [0.3, 0.4) is 0 Å². The zero-order valence-electron chi connectivity index (χ0n) is 13.8. The Morgan fingerprint density at radius 3 is 2.67 bits per heavy atom. The fourth-order valence-corrected chi connectivity index (χ4v) is 4.64. The number of halogens is 1. The Hall–Kier alpha value is -1.59. The number of rotatable bonds is 3. The van der Waals surface area contributed by atoms with Gasteiger partial charge in [0, 0.05) is 27.8 Å². The number of nitrogens with one attached hydrogen (secondary N) is 2. The fraction of sp³-hybridized carbons (Fsp3) is 0.421. The van der Waals surface area contributed by atoms with Crippen molar-refractivity contribution < 1.29 is 4.79 Å². The predicted molar refractivity (Wildman–Crippen MR) is 98.9 cm³/mol. The van der Waals surface area contributed by atoms with Crippen molar-refractivity contribution >= 4 is 21.8 Å². The smallest absolute Gasteiger partial charge is 0.267 e. The summed E-state index contributed by atoms with van der Waals surface area (Å²) in [7, 11) is 0. The first-order valence-corrected chi connectivity index (χ1v) is 9.41. The average molecular weight is 388 g/mol. The maximum Gasteiger partial charge on any atom is 0.267 e. The van der Waals surface area contributed by atoms with Crippen LogP contribution in [-0.4, -0.2) is 41.0 Å². The number of hydrogen-bond acceptors (Lipinski definition) is 2. The number of carbonyl (C=O) groups excluding carboxylic acids is 1. The van der Waals surface area contributed by atoms with Gasteiger partial charge in [0.2, 0.25) is 0 Å². The molecule has 0 saturated carbocycles. The average Bonchev–Trinajstić information content (AvgIpc) is 3.09. The highest BCUT2D eigenvalue weighted by atomic mass is 79.9. The maximum atomic E-state index is 12.7. The van der Waals surface area contributed by atoms with E-state index in [2.05, 4.69) is 38.1 Å². The number of amides is 1. The highest BCUT2D eigenvalue weighted by molar-refractivity contribution is 9.10. The molecule has 5 heteroatoms. The molecule has 1 amide bonds. The quantitative estimate of drug-likeness (QED) is 0.843. The Bertz CT molecular complexity index is 747. The van der Waals surface area contributed by atoms with E-state index < -0.39 is 0 Å². The first-order chi connectivity index (χ1) is 11.6. The van der Waals surface area contributed by atoms with Gasteiger partial charge in [0.05, 0.1) is 0 Å². The largest absolute Gasteiger partial charge is 0.351 e. The lowest BCUT2D eigenvalue weighted by Gasteiger charge is -2.49. The molecular weight excluding hydrogens is 366 g/mol. The summed E-state index contributed by atoms with van der Waals surface area (Å²) in [6.45, 7) is 4.58. The second-order valence-electron chi connectivity index (χ2n) is 6.88.